The van der Waals surface area contributed by atoms with E-state index in [-0.39, 0.29) is 0 Å². The van der Waals surface area contributed by atoms with E-state index in [0.717, 1.165) is 18.8 Å². The van der Waals surface area contributed by atoms with Gasteiger partial charge in [-0.05, 0) is 42.5 Å². The highest BCUT2D eigenvalue weighted by molar-refractivity contribution is 6.30. The topological polar surface area (TPSA) is 41.9 Å². The summed E-state index contributed by atoms with van der Waals surface area (Å²) in [6.07, 6.45) is 0.841. The number of nitrogens with zero attached hydrogens (tertiary/aromatic N) is 1. The molecule has 23 heavy (non-hydrogen) atoms. The summed E-state index contributed by atoms with van der Waals surface area (Å²) < 4.78 is 11.1. The second kappa shape index (κ2) is 9.48. The quantitative estimate of drug-likeness (QED) is 0.738. The van der Waals surface area contributed by atoms with E-state index < -0.39 is 6.10 Å². The summed E-state index contributed by atoms with van der Waals surface area (Å²) in [5, 5.41) is 10.8. The maximum absolute atomic E-state index is 10.1. The smallest absolute Gasteiger partial charge is 0.119 e. The zero-order chi connectivity index (χ0) is 16.7. The van der Waals surface area contributed by atoms with Crippen LogP contribution in [0.15, 0.2) is 24.3 Å². The zero-order valence-corrected chi connectivity index (χ0v) is 14.8. The Hall–Kier alpha value is -0.810. The highest BCUT2D eigenvalue weighted by Gasteiger charge is 2.23. The highest BCUT2D eigenvalue weighted by Crippen LogP contribution is 2.21. The van der Waals surface area contributed by atoms with E-state index >= 15 is 0 Å². The van der Waals surface area contributed by atoms with Gasteiger partial charge in [-0.2, -0.15) is 0 Å². The molecule has 4 nitrogen and oxygen atoms in total. The van der Waals surface area contributed by atoms with Gasteiger partial charge in [-0.1, -0.05) is 25.4 Å². The van der Waals surface area contributed by atoms with Crippen LogP contribution in [0.25, 0.3) is 0 Å². The van der Waals surface area contributed by atoms with Crippen molar-refractivity contribution in [2.45, 2.75) is 26.4 Å². The van der Waals surface area contributed by atoms with Gasteiger partial charge in [-0.3, -0.25) is 0 Å². The molecule has 0 spiro atoms. The molecule has 3 unspecified atom stereocenters. The molecule has 1 aliphatic heterocycles. The fourth-order valence-electron chi connectivity index (χ4n) is 3.26. The second-order valence-electron chi connectivity index (χ2n) is 6.70. The summed E-state index contributed by atoms with van der Waals surface area (Å²) in [7, 11) is 0. The maximum atomic E-state index is 10.1. The Bertz CT molecular complexity index is 444. The van der Waals surface area contributed by atoms with E-state index in [1.807, 2.05) is 12.1 Å². The first-order valence-electron chi connectivity index (χ1n) is 8.39. The molecular formula is C18H28ClNO3. The van der Waals surface area contributed by atoms with Crippen molar-refractivity contribution in [2.75, 3.05) is 39.5 Å². The van der Waals surface area contributed by atoms with Gasteiger partial charge in [0.05, 0.1) is 19.3 Å². The van der Waals surface area contributed by atoms with Gasteiger partial charge < -0.3 is 19.5 Å². The molecule has 0 saturated carbocycles. The van der Waals surface area contributed by atoms with E-state index in [1.165, 1.54) is 6.42 Å². The van der Waals surface area contributed by atoms with Crippen LogP contribution in [0.3, 0.4) is 0 Å². The van der Waals surface area contributed by atoms with Crippen LogP contribution in [-0.4, -0.2) is 55.6 Å². The van der Waals surface area contributed by atoms with E-state index in [1.54, 1.807) is 12.1 Å². The minimum Gasteiger partial charge on any atom is -0.491 e. The van der Waals surface area contributed by atoms with E-state index in [9.17, 15) is 5.11 Å². The molecule has 0 radical (unpaired) electrons. The van der Waals surface area contributed by atoms with Crippen LogP contribution in [0.5, 0.6) is 5.75 Å². The predicted molar refractivity (Wildman–Crippen MR) is 93.2 cm³/mol. The summed E-state index contributed by atoms with van der Waals surface area (Å²) in [5.41, 5.74) is 0. The Morgan fingerprint density at radius 3 is 2.48 bits per heavy atom. The number of aliphatic hydroxyl groups excluding tert-OH is 1. The van der Waals surface area contributed by atoms with Crippen LogP contribution in [0.2, 0.25) is 5.02 Å². The molecule has 1 fully saturated rings. The molecule has 1 aliphatic rings. The first-order valence-corrected chi connectivity index (χ1v) is 8.77. The average Bonchev–Trinajstić information content (AvgIpc) is 2.47. The molecule has 1 aromatic rings. The fourth-order valence-corrected chi connectivity index (χ4v) is 3.39. The summed E-state index contributed by atoms with van der Waals surface area (Å²) in [6.45, 7) is 8.66. The van der Waals surface area contributed by atoms with Crippen molar-refractivity contribution in [1.29, 1.82) is 0 Å². The Kier molecular flexibility index (Phi) is 7.63. The Morgan fingerprint density at radius 2 is 1.83 bits per heavy atom. The Labute approximate surface area is 144 Å². The average molecular weight is 342 g/mol. The monoisotopic (exact) mass is 341 g/mol. The number of likely N-dealkylation sites (tertiary alicyclic amines) is 1. The van der Waals surface area contributed by atoms with Crippen LogP contribution in [0, 0.1) is 11.8 Å². The molecular weight excluding hydrogens is 314 g/mol. The van der Waals surface area contributed by atoms with Crippen molar-refractivity contribution in [3.8, 4) is 5.75 Å². The molecule has 0 amide bonds. The van der Waals surface area contributed by atoms with Crippen LogP contribution in [0.4, 0.5) is 0 Å². The second-order valence-corrected chi connectivity index (χ2v) is 7.13. The van der Waals surface area contributed by atoms with Gasteiger partial charge >= 0.3 is 0 Å². The Morgan fingerprint density at radius 1 is 1.17 bits per heavy atom. The summed E-state index contributed by atoms with van der Waals surface area (Å²) in [5.74, 6) is 2.19. The third kappa shape index (κ3) is 7.08. The molecule has 130 valence electrons. The van der Waals surface area contributed by atoms with E-state index in [0.29, 0.717) is 43.2 Å². The lowest BCUT2D eigenvalue weighted by molar-refractivity contribution is -0.00211. The molecule has 3 atom stereocenters. The molecule has 2 rings (SSSR count). The van der Waals surface area contributed by atoms with Gasteiger partial charge in [0.2, 0.25) is 0 Å². The molecule has 1 N–H and O–H groups in total. The maximum Gasteiger partial charge on any atom is 0.119 e. The number of hydrogen-bond acceptors (Lipinski definition) is 4. The number of β-amino-alcohol motifs (C(OH)–C–C–N with tert-alkyl or cyclic N) is 1. The summed E-state index contributed by atoms with van der Waals surface area (Å²) >= 11 is 5.82. The number of ether oxygens (including phenoxy) is 2. The molecule has 5 heteroatoms. The van der Waals surface area contributed by atoms with E-state index in [2.05, 4.69) is 18.7 Å². The van der Waals surface area contributed by atoms with Crippen LogP contribution in [-0.2, 0) is 4.74 Å². The normalized spacial score (nSPS) is 23.7. The summed E-state index contributed by atoms with van der Waals surface area (Å²) in [4.78, 5) is 2.34. The van der Waals surface area contributed by atoms with Crippen LogP contribution >= 0.6 is 11.6 Å². The van der Waals surface area contributed by atoms with Crippen molar-refractivity contribution in [3.05, 3.63) is 29.3 Å². The number of benzene rings is 1. The van der Waals surface area contributed by atoms with Gasteiger partial charge in [0.25, 0.3) is 0 Å². The van der Waals surface area contributed by atoms with Gasteiger partial charge in [-0.25, -0.2) is 0 Å². The first kappa shape index (κ1) is 18.5. The van der Waals surface area contributed by atoms with Crippen molar-refractivity contribution >= 4 is 11.6 Å². The summed E-state index contributed by atoms with van der Waals surface area (Å²) in [6, 6.07) is 7.25. The first-order chi connectivity index (χ1) is 11.0. The molecule has 1 aromatic carbocycles. The minimum absolute atomic E-state index is 0.350. The van der Waals surface area contributed by atoms with Crippen molar-refractivity contribution < 1.29 is 14.6 Å². The number of rotatable bonds is 8. The van der Waals surface area contributed by atoms with Gasteiger partial charge in [-0.15, -0.1) is 0 Å². The SMILES string of the molecule is CC1CC(C)CN(CC(O)COCCOc2ccc(Cl)cc2)C1. The lowest BCUT2D eigenvalue weighted by Crippen LogP contribution is -2.43. The lowest BCUT2D eigenvalue weighted by atomic mass is 9.92. The van der Waals surface area contributed by atoms with Crippen molar-refractivity contribution in [3.63, 3.8) is 0 Å². The lowest BCUT2D eigenvalue weighted by Gasteiger charge is -2.35. The third-order valence-electron chi connectivity index (χ3n) is 4.03. The highest BCUT2D eigenvalue weighted by atomic mass is 35.5. The van der Waals surface area contributed by atoms with Crippen molar-refractivity contribution in [2.24, 2.45) is 11.8 Å². The molecule has 0 aromatic heterocycles. The number of aliphatic hydroxyl groups is 1. The predicted octanol–water partition coefficient (Wildman–Crippen LogP) is 3.07. The van der Waals surface area contributed by atoms with Gasteiger partial charge in [0.1, 0.15) is 12.4 Å². The standard InChI is InChI=1S/C18H28ClNO3/c1-14-9-15(2)11-20(10-14)12-17(21)13-22-7-8-23-18-5-3-16(19)4-6-18/h3-6,14-15,17,21H,7-13H2,1-2H3. The third-order valence-corrected chi connectivity index (χ3v) is 4.29. The fraction of sp³-hybridized carbons (Fsp3) is 0.667. The minimum atomic E-state index is -0.442. The van der Waals surface area contributed by atoms with Crippen LogP contribution < -0.4 is 4.74 Å². The Balaban J connectivity index is 1.56. The van der Waals surface area contributed by atoms with Gasteiger partial charge in [0.15, 0.2) is 0 Å². The number of halogens is 1. The molecule has 1 saturated heterocycles. The zero-order valence-electron chi connectivity index (χ0n) is 14.1. The van der Waals surface area contributed by atoms with Crippen LogP contribution in [0.1, 0.15) is 20.3 Å². The van der Waals surface area contributed by atoms with Crippen molar-refractivity contribution in [1.82, 2.24) is 4.90 Å². The number of hydrogen-bond donors (Lipinski definition) is 1. The van der Waals surface area contributed by atoms with E-state index in [4.69, 9.17) is 21.1 Å². The molecule has 0 bridgehead atoms. The molecule has 1 heterocycles. The number of piperidine rings is 1. The molecule has 0 aliphatic carbocycles. The van der Waals surface area contributed by atoms with Gasteiger partial charge in [0, 0.05) is 24.7 Å². The largest absolute Gasteiger partial charge is 0.491 e.